The van der Waals surface area contributed by atoms with Gasteiger partial charge in [0.15, 0.2) is 0 Å². The van der Waals surface area contributed by atoms with Gasteiger partial charge in [0.1, 0.15) is 0 Å². The summed E-state index contributed by atoms with van der Waals surface area (Å²) in [7, 11) is 0. The predicted molar refractivity (Wildman–Crippen MR) is 169 cm³/mol. The lowest BCUT2D eigenvalue weighted by atomic mass is 9.92. The number of para-hydroxylation sites is 1. The van der Waals surface area contributed by atoms with Gasteiger partial charge in [-0.05, 0) is 58.1 Å². The summed E-state index contributed by atoms with van der Waals surface area (Å²) in [6.07, 6.45) is 9.13. The average Bonchev–Trinajstić information content (AvgIpc) is 3.48. The zero-order chi connectivity index (χ0) is 28.7. The van der Waals surface area contributed by atoms with Crippen molar-refractivity contribution < 1.29 is 0 Å². The molecule has 6 aromatic rings. The summed E-state index contributed by atoms with van der Waals surface area (Å²) in [5.74, 6) is 0.545. The van der Waals surface area contributed by atoms with Crippen LogP contribution in [0.15, 0.2) is 140 Å². The van der Waals surface area contributed by atoms with Crippen LogP contribution in [0.25, 0.3) is 10.9 Å². The highest BCUT2D eigenvalue weighted by Gasteiger charge is 2.12. The van der Waals surface area contributed by atoms with E-state index in [4.69, 9.17) is 17.2 Å². The number of hydrogen-bond acceptors (Lipinski definition) is 5. The van der Waals surface area contributed by atoms with Crippen molar-refractivity contribution in [2.24, 2.45) is 17.2 Å². The summed E-state index contributed by atoms with van der Waals surface area (Å²) in [4.78, 5) is 11.2. The van der Waals surface area contributed by atoms with Crippen molar-refractivity contribution in [1.82, 2.24) is 15.0 Å². The second-order valence-electron chi connectivity index (χ2n) is 9.52. The van der Waals surface area contributed by atoms with E-state index in [0.29, 0.717) is 25.6 Å². The van der Waals surface area contributed by atoms with Crippen LogP contribution in [-0.4, -0.2) is 28.0 Å². The van der Waals surface area contributed by atoms with Gasteiger partial charge < -0.3 is 22.2 Å². The third-order valence-electron chi connectivity index (χ3n) is 6.99. The number of nitrogens with one attached hydrogen (secondary N) is 1. The number of H-pyrrole nitrogens is 1. The lowest BCUT2D eigenvalue weighted by Crippen LogP contribution is -2.13. The molecule has 3 aromatic heterocycles. The van der Waals surface area contributed by atoms with Gasteiger partial charge in [0.25, 0.3) is 0 Å². The minimum Gasteiger partial charge on any atom is -0.361 e. The number of nitrogens with zero attached hydrogens (tertiary/aromatic N) is 2. The number of aromatic amines is 1. The molecular weight excluding hydrogens is 504 g/mol. The van der Waals surface area contributed by atoms with Crippen LogP contribution in [0.1, 0.15) is 39.7 Å². The van der Waals surface area contributed by atoms with Crippen molar-refractivity contribution in [3.05, 3.63) is 168 Å². The highest BCUT2D eigenvalue weighted by atomic mass is 14.7. The molecule has 0 unspecified atom stereocenters. The molecule has 0 atom stereocenters. The smallest absolute Gasteiger partial charge is 0.0457 e. The summed E-state index contributed by atoms with van der Waals surface area (Å²) in [6, 6.07) is 37.0. The van der Waals surface area contributed by atoms with Gasteiger partial charge in [-0.25, -0.2) is 0 Å². The highest BCUT2D eigenvalue weighted by molar-refractivity contribution is 5.82. The van der Waals surface area contributed by atoms with Crippen LogP contribution in [0.3, 0.4) is 0 Å². The summed E-state index contributed by atoms with van der Waals surface area (Å²) in [5, 5.41) is 1.23. The minimum absolute atomic E-state index is 0.232. The van der Waals surface area contributed by atoms with Crippen LogP contribution in [-0.2, 0) is 6.54 Å². The Labute approximate surface area is 242 Å². The van der Waals surface area contributed by atoms with Gasteiger partial charge >= 0.3 is 0 Å². The van der Waals surface area contributed by atoms with Gasteiger partial charge in [0.05, 0.1) is 0 Å². The fourth-order valence-electron chi connectivity index (χ4n) is 4.79. The average molecular weight is 543 g/mol. The monoisotopic (exact) mass is 542 g/mol. The fraction of sp³-hybridized carbons (Fsp3) is 0.143. The Morgan fingerprint density at radius 1 is 0.512 bits per heavy atom. The molecule has 0 fully saturated rings. The van der Waals surface area contributed by atoms with Crippen LogP contribution in [0.4, 0.5) is 0 Å². The first-order chi connectivity index (χ1) is 20.2. The molecule has 6 heteroatoms. The molecule has 6 nitrogen and oxygen atoms in total. The maximum Gasteiger partial charge on any atom is 0.0457 e. The van der Waals surface area contributed by atoms with Crippen molar-refractivity contribution >= 4 is 10.9 Å². The lowest BCUT2D eigenvalue weighted by molar-refractivity contribution is 0.814. The van der Waals surface area contributed by atoms with E-state index in [1.165, 1.54) is 33.2 Å². The highest BCUT2D eigenvalue weighted by Crippen LogP contribution is 2.23. The maximum absolute atomic E-state index is 5.84. The van der Waals surface area contributed by atoms with Gasteiger partial charge in [-0.3, -0.25) is 9.97 Å². The van der Waals surface area contributed by atoms with Crippen molar-refractivity contribution in [2.75, 3.05) is 13.1 Å². The number of nitrogens with two attached hydrogens (primary N) is 3. The first kappa shape index (κ1) is 29.4. The normalized spacial score (nSPS) is 10.6. The van der Waals surface area contributed by atoms with E-state index in [9.17, 15) is 0 Å². The molecule has 3 aromatic carbocycles. The van der Waals surface area contributed by atoms with Crippen molar-refractivity contribution in [3.63, 3.8) is 0 Å². The first-order valence-electron chi connectivity index (χ1n) is 13.8. The van der Waals surface area contributed by atoms with Crippen molar-refractivity contribution in [3.8, 4) is 0 Å². The minimum atomic E-state index is 0.232. The Bertz CT molecular complexity index is 1380. The molecule has 0 saturated heterocycles. The van der Waals surface area contributed by atoms with E-state index in [1.54, 1.807) is 24.8 Å². The number of aromatic nitrogens is 3. The van der Waals surface area contributed by atoms with Crippen molar-refractivity contribution in [1.29, 1.82) is 0 Å². The Hall–Kier alpha value is -4.62. The van der Waals surface area contributed by atoms with E-state index >= 15 is 0 Å². The number of benzene rings is 3. The number of fused-ring (bicyclic) bond motifs is 1. The third-order valence-corrected chi connectivity index (χ3v) is 6.99. The van der Waals surface area contributed by atoms with E-state index in [2.05, 4.69) is 75.6 Å². The van der Waals surface area contributed by atoms with Crippen LogP contribution in [0, 0.1) is 0 Å². The Morgan fingerprint density at radius 3 is 1.37 bits per heavy atom. The van der Waals surface area contributed by atoms with E-state index in [0.717, 1.165) is 5.52 Å². The topological polar surface area (TPSA) is 120 Å². The zero-order valence-electron chi connectivity index (χ0n) is 23.2. The molecule has 6 rings (SSSR count). The van der Waals surface area contributed by atoms with Gasteiger partial charge in [-0.15, -0.1) is 0 Å². The quantitative estimate of drug-likeness (QED) is 0.198. The molecule has 208 valence electrons. The molecule has 3 heterocycles. The molecule has 7 N–H and O–H groups in total. The summed E-state index contributed by atoms with van der Waals surface area (Å²) >= 11 is 0. The Morgan fingerprint density at radius 2 is 0.927 bits per heavy atom. The predicted octanol–water partition coefficient (Wildman–Crippen LogP) is 5.97. The molecule has 0 aliphatic carbocycles. The Balaban J connectivity index is 0.000000144. The molecule has 0 spiro atoms. The largest absolute Gasteiger partial charge is 0.361 e. The van der Waals surface area contributed by atoms with Gasteiger partial charge in [-0.2, -0.15) is 0 Å². The summed E-state index contributed by atoms with van der Waals surface area (Å²) in [5.41, 5.74) is 24.5. The first-order valence-corrected chi connectivity index (χ1v) is 13.8. The Kier molecular flexibility index (Phi) is 11.3. The van der Waals surface area contributed by atoms with Gasteiger partial charge in [0.2, 0.25) is 0 Å². The third kappa shape index (κ3) is 8.19. The molecule has 41 heavy (non-hydrogen) atoms. The zero-order valence-corrected chi connectivity index (χ0v) is 23.2. The molecule has 0 amide bonds. The van der Waals surface area contributed by atoms with Crippen LogP contribution >= 0.6 is 0 Å². The summed E-state index contributed by atoms with van der Waals surface area (Å²) in [6.45, 7) is 1.84. The molecule has 0 bridgehead atoms. The van der Waals surface area contributed by atoms with E-state index < -0.39 is 0 Å². The SMILES string of the molecule is NCC(c1ccccc1)c1ccccc1.NCC(c1ccncc1)c1ccncc1.NCc1c[nH]c2ccccc12. The molecular formula is C35H38N6. The van der Waals surface area contributed by atoms with Crippen molar-refractivity contribution in [2.45, 2.75) is 18.4 Å². The number of hydrogen-bond donors (Lipinski definition) is 4. The second kappa shape index (κ2) is 15.8. The summed E-state index contributed by atoms with van der Waals surface area (Å²) < 4.78 is 0. The number of rotatable bonds is 7. The van der Waals surface area contributed by atoms with E-state index in [1.807, 2.05) is 54.7 Å². The second-order valence-corrected chi connectivity index (χ2v) is 9.52. The maximum atomic E-state index is 5.84. The standard InChI is InChI=1S/C14H15N.C12H13N3.C9H10N2/c15-11-14(12-7-3-1-4-8-12)13-9-5-2-6-10-13;13-9-12(10-1-5-14-6-2-10)11-3-7-15-8-4-11;10-5-7-6-11-9-4-2-1-3-8(7)9/h1-10,14H,11,15H2;1-8,12H,9,13H2;1-4,6,11H,5,10H2. The van der Waals surface area contributed by atoms with Gasteiger partial charge in [0, 0.05) is 73.4 Å². The van der Waals surface area contributed by atoms with Gasteiger partial charge in [-0.1, -0.05) is 78.9 Å². The van der Waals surface area contributed by atoms with Crippen LogP contribution in [0.2, 0.25) is 0 Å². The lowest BCUT2D eigenvalue weighted by Gasteiger charge is -2.15. The molecule has 0 aliphatic heterocycles. The number of pyridine rings is 2. The molecule has 0 aliphatic rings. The van der Waals surface area contributed by atoms with E-state index in [-0.39, 0.29) is 5.92 Å². The molecule has 0 radical (unpaired) electrons. The molecule has 0 saturated carbocycles. The fourth-order valence-corrected chi connectivity index (χ4v) is 4.79. The van der Waals surface area contributed by atoms with Crippen LogP contribution in [0.5, 0.6) is 0 Å². The van der Waals surface area contributed by atoms with Crippen LogP contribution < -0.4 is 17.2 Å².